The second-order valence-corrected chi connectivity index (χ2v) is 9.05. The lowest BCUT2D eigenvalue weighted by Gasteiger charge is -2.18. The van der Waals surface area contributed by atoms with Crippen LogP contribution in [-0.2, 0) is 0 Å². The average molecular weight is 424 g/mol. The Morgan fingerprint density at radius 1 is 1.03 bits per heavy atom. The molecule has 1 aliphatic heterocycles. The third-order valence-corrected chi connectivity index (χ3v) is 6.71. The van der Waals surface area contributed by atoms with Crippen molar-refractivity contribution in [3.8, 4) is 11.4 Å². The number of H-pyrrole nitrogens is 1. The summed E-state index contributed by atoms with van der Waals surface area (Å²) in [5, 5.41) is 1.70. The number of imidazole rings is 1. The lowest BCUT2D eigenvalue weighted by molar-refractivity contribution is 0.351. The van der Waals surface area contributed by atoms with Gasteiger partial charge in [-0.25, -0.2) is 9.29 Å². The zero-order valence-corrected chi connectivity index (χ0v) is 17.8. The van der Waals surface area contributed by atoms with E-state index in [1.807, 2.05) is 36.2 Å². The summed E-state index contributed by atoms with van der Waals surface area (Å²) < 4.78 is 2.45. The number of nitrogens with one attached hydrogen (secondary N) is 1. The molecular formula is C22H22ClN5S. The molecule has 1 saturated heterocycles. The molecule has 0 unspecified atom stereocenters. The smallest absolute Gasteiger partial charge is 0.140 e. The van der Waals surface area contributed by atoms with Crippen LogP contribution < -0.4 is 0 Å². The highest BCUT2D eigenvalue weighted by Gasteiger charge is 2.15. The number of aromatic nitrogens is 3. The topological polar surface area (TPSA) is 48.1 Å². The number of rotatable bonds is 3. The molecule has 1 fully saturated rings. The summed E-state index contributed by atoms with van der Waals surface area (Å²) in [5.41, 5.74) is 3.75. The van der Waals surface area contributed by atoms with Crippen LogP contribution in [0.4, 0.5) is 0 Å². The van der Waals surface area contributed by atoms with Crippen molar-refractivity contribution in [3.05, 3.63) is 53.7 Å². The van der Waals surface area contributed by atoms with E-state index in [1.54, 1.807) is 6.20 Å². The van der Waals surface area contributed by atoms with Crippen LogP contribution in [0.1, 0.15) is 6.42 Å². The Hall–Kier alpha value is -2.12. The van der Waals surface area contributed by atoms with Crippen LogP contribution in [0.2, 0.25) is 5.02 Å². The Labute approximate surface area is 179 Å². The maximum Gasteiger partial charge on any atom is 0.140 e. The van der Waals surface area contributed by atoms with Crippen LogP contribution in [0, 0.1) is 0 Å². The van der Waals surface area contributed by atoms with E-state index in [-0.39, 0.29) is 0 Å². The molecule has 1 N–H and O–H groups in total. The van der Waals surface area contributed by atoms with Crippen molar-refractivity contribution in [1.82, 2.24) is 24.2 Å². The molecule has 5 nitrogen and oxygen atoms in total. The third-order valence-electron chi connectivity index (χ3n) is 5.31. The van der Waals surface area contributed by atoms with Crippen LogP contribution >= 0.6 is 23.5 Å². The third kappa shape index (κ3) is 3.98. The molecule has 29 heavy (non-hydrogen) atoms. The Kier molecular flexibility index (Phi) is 5.18. The van der Waals surface area contributed by atoms with Crippen LogP contribution in [0.25, 0.3) is 33.3 Å². The van der Waals surface area contributed by atoms with Gasteiger partial charge in [0.1, 0.15) is 5.82 Å². The number of hydrogen-bond donors (Lipinski definition) is 1. The van der Waals surface area contributed by atoms with Gasteiger partial charge in [0.25, 0.3) is 0 Å². The molecule has 0 atom stereocenters. The van der Waals surface area contributed by atoms with E-state index in [0.29, 0.717) is 5.02 Å². The van der Waals surface area contributed by atoms with Crippen LogP contribution in [0.5, 0.6) is 0 Å². The van der Waals surface area contributed by atoms with E-state index in [4.69, 9.17) is 16.6 Å². The van der Waals surface area contributed by atoms with Gasteiger partial charge in [-0.2, -0.15) is 0 Å². The second kappa shape index (κ2) is 7.95. The van der Waals surface area contributed by atoms with E-state index in [1.165, 1.54) is 17.9 Å². The van der Waals surface area contributed by atoms with Crippen molar-refractivity contribution in [1.29, 1.82) is 0 Å². The van der Waals surface area contributed by atoms with Crippen molar-refractivity contribution in [2.24, 2.45) is 0 Å². The Bertz CT molecular complexity index is 1170. The molecule has 5 rings (SSSR count). The molecule has 0 saturated carbocycles. The largest absolute Gasteiger partial charge is 0.338 e. The summed E-state index contributed by atoms with van der Waals surface area (Å²) in [6, 6.07) is 14.3. The first-order valence-electron chi connectivity index (χ1n) is 9.81. The molecule has 4 aromatic rings. The monoisotopic (exact) mass is 423 g/mol. The van der Waals surface area contributed by atoms with Crippen molar-refractivity contribution >= 4 is 45.5 Å². The lowest BCUT2D eigenvalue weighted by Crippen LogP contribution is -2.24. The van der Waals surface area contributed by atoms with Gasteiger partial charge >= 0.3 is 0 Å². The molecule has 148 valence electrons. The van der Waals surface area contributed by atoms with E-state index in [2.05, 4.69) is 44.4 Å². The highest BCUT2D eigenvalue weighted by molar-refractivity contribution is 7.97. The quantitative estimate of drug-likeness (QED) is 0.466. The maximum absolute atomic E-state index is 6.55. The van der Waals surface area contributed by atoms with Crippen molar-refractivity contribution < 1.29 is 0 Å². The van der Waals surface area contributed by atoms with Crippen LogP contribution in [0.15, 0.2) is 53.6 Å². The zero-order chi connectivity index (χ0) is 19.8. The molecule has 3 heterocycles. The minimum atomic E-state index is 0.674. The fourth-order valence-electron chi connectivity index (χ4n) is 3.71. The predicted molar refractivity (Wildman–Crippen MR) is 121 cm³/mol. The molecule has 2 aromatic carbocycles. The van der Waals surface area contributed by atoms with Crippen molar-refractivity contribution in [2.45, 2.75) is 11.3 Å². The SMILES string of the molecule is CN1CCCN(Sc2ccc3nc(-c4cc5ncccc5cc4Cl)[nH]c3c2)CC1. The molecular weight excluding hydrogens is 402 g/mol. The van der Waals surface area contributed by atoms with Gasteiger partial charge in [-0.1, -0.05) is 17.7 Å². The highest BCUT2D eigenvalue weighted by Crippen LogP contribution is 2.32. The molecule has 0 radical (unpaired) electrons. The Morgan fingerprint density at radius 3 is 2.90 bits per heavy atom. The molecule has 0 bridgehead atoms. The number of pyridine rings is 1. The number of halogens is 1. The lowest BCUT2D eigenvalue weighted by atomic mass is 10.1. The number of likely N-dealkylation sites (N-methyl/N-ethyl adjacent to an activating group) is 1. The number of benzene rings is 2. The molecule has 2 aromatic heterocycles. The highest BCUT2D eigenvalue weighted by atomic mass is 35.5. The number of aromatic amines is 1. The van der Waals surface area contributed by atoms with Gasteiger partial charge in [0.15, 0.2) is 0 Å². The normalized spacial score (nSPS) is 16.5. The van der Waals surface area contributed by atoms with Gasteiger partial charge in [0.2, 0.25) is 0 Å². The first-order chi connectivity index (χ1) is 14.2. The first kappa shape index (κ1) is 18.9. The van der Waals surface area contributed by atoms with E-state index in [9.17, 15) is 0 Å². The van der Waals surface area contributed by atoms with Gasteiger partial charge in [0.05, 0.1) is 21.6 Å². The van der Waals surface area contributed by atoms with E-state index in [0.717, 1.165) is 53.0 Å². The van der Waals surface area contributed by atoms with Gasteiger partial charge < -0.3 is 9.88 Å². The summed E-state index contributed by atoms with van der Waals surface area (Å²) in [5.74, 6) is 0.774. The van der Waals surface area contributed by atoms with Crippen molar-refractivity contribution in [2.75, 3.05) is 33.2 Å². The standard InChI is InChI=1S/C22H22ClN5S/c1-27-8-3-9-28(11-10-27)29-16-5-6-19-21(13-16)26-22(25-19)17-14-20-15(12-18(17)23)4-2-7-24-20/h2,4-7,12-14H,3,8-11H2,1H3,(H,25,26). The minimum Gasteiger partial charge on any atom is -0.338 e. The van der Waals surface area contributed by atoms with Crippen LogP contribution in [0.3, 0.4) is 0 Å². The van der Waals surface area contributed by atoms with Gasteiger partial charge in [-0.05, 0) is 68.4 Å². The predicted octanol–water partition coefficient (Wildman–Crippen LogP) is 5.08. The fraction of sp³-hybridized carbons (Fsp3) is 0.273. The summed E-state index contributed by atoms with van der Waals surface area (Å²) in [7, 11) is 2.19. The summed E-state index contributed by atoms with van der Waals surface area (Å²) in [6.07, 6.45) is 3.00. The summed E-state index contributed by atoms with van der Waals surface area (Å²) in [6.45, 7) is 4.47. The van der Waals surface area contributed by atoms with Gasteiger partial charge in [0, 0.05) is 41.7 Å². The maximum atomic E-state index is 6.55. The Balaban J connectivity index is 1.44. The summed E-state index contributed by atoms with van der Waals surface area (Å²) >= 11 is 8.38. The minimum absolute atomic E-state index is 0.674. The zero-order valence-electron chi connectivity index (χ0n) is 16.2. The van der Waals surface area contributed by atoms with Gasteiger partial charge in [-0.15, -0.1) is 0 Å². The van der Waals surface area contributed by atoms with Gasteiger partial charge in [-0.3, -0.25) is 4.98 Å². The average Bonchev–Trinajstić information content (AvgIpc) is 3.03. The molecule has 0 amide bonds. The van der Waals surface area contributed by atoms with Crippen molar-refractivity contribution in [3.63, 3.8) is 0 Å². The number of nitrogens with zero attached hydrogens (tertiary/aromatic N) is 4. The Morgan fingerprint density at radius 2 is 1.97 bits per heavy atom. The fourth-order valence-corrected chi connectivity index (χ4v) is 4.96. The molecule has 1 aliphatic rings. The second-order valence-electron chi connectivity index (χ2n) is 7.47. The van der Waals surface area contributed by atoms with E-state index >= 15 is 0 Å². The van der Waals surface area contributed by atoms with E-state index < -0.39 is 0 Å². The molecule has 0 aliphatic carbocycles. The number of hydrogen-bond acceptors (Lipinski definition) is 5. The summed E-state index contributed by atoms with van der Waals surface area (Å²) in [4.78, 5) is 16.3. The first-order valence-corrected chi connectivity index (χ1v) is 11.0. The van der Waals surface area contributed by atoms with Crippen LogP contribution in [-0.4, -0.2) is 57.4 Å². The number of fused-ring (bicyclic) bond motifs is 2. The molecule has 7 heteroatoms. The molecule has 0 spiro atoms.